The van der Waals surface area contributed by atoms with E-state index in [4.69, 9.17) is 10.5 Å². The number of anilines is 1. The molecule has 1 aromatic rings. The molecule has 0 aromatic heterocycles. The summed E-state index contributed by atoms with van der Waals surface area (Å²) in [6.45, 7) is 2.99. The minimum Gasteiger partial charge on any atom is -0.398 e. The Morgan fingerprint density at radius 1 is 1.47 bits per heavy atom. The van der Waals surface area contributed by atoms with Crippen molar-refractivity contribution in [2.24, 2.45) is 5.92 Å². The Bertz CT molecular complexity index is 336. The van der Waals surface area contributed by atoms with Crippen LogP contribution in [0.2, 0.25) is 0 Å². The van der Waals surface area contributed by atoms with Crippen molar-refractivity contribution in [3.05, 3.63) is 23.8 Å². The lowest BCUT2D eigenvalue weighted by atomic mass is 10.2. The normalized spacial score (nSPS) is 15.5. The smallest absolute Gasteiger partial charge is 0.0967 e. The van der Waals surface area contributed by atoms with Crippen molar-refractivity contribution in [3.63, 3.8) is 0 Å². The van der Waals surface area contributed by atoms with Crippen LogP contribution in [0.3, 0.4) is 0 Å². The molecule has 1 aliphatic rings. The zero-order chi connectivity index (χ0) is 10.7. The number of hydrogen-bond donors (Lipinski definition) is 1. The number of nitrogens with two attached hydrogens (primary N) is 1. The first-order valence-electron chi connectivity index (χ1n) is 5.32. The number of aryl methyl sites for hydroxylation is 1. The number of benzene rings is 1. The topological polar surface area (TPSA) is 35.2 Å². The molecule has 1 aliphatic carbocycles. The van der Waals surface area contributed by atoms with Gasteiger partial charge in [0.05, 0.1) is 12.5 Å². The number of ether oxygens (including phenoxy) is 1. The first-order valence-corrected chi connectivity index (χ1v) is 6.31. The van der Waals surface area contributed by atoms with Crippen molar-refractivity contribution in [1.29, 1.82) is 0 Å². The number of nitrogen functional groups attached to an aromatic ring is 1. The van der Waals surface area contributed by atoms with Gasteiger partial charge in [0, 0.05) is 10.6 Å². The molecule has 2 rings (SSSR count). The van der Waals surface area contributed by atoms with Gasteiger partial charge in [0.2, 0.25) is 0 Å². The molecule has 1 fully saturated rings. The third-order valence-electron chi connectivity index (χ3n) is 2.52. The molecule has 0 atom stereocenters. The molecule has 0 spiro atoms. The van der Waals surface area contributed by atoms with E-state index in [2.05, 4.69) is 13.0 Å². The highest BCUT2D eigenvalue weighted by Crippen LogP contribution is 2.30. The molecule has 1 saturated carbocycles. The summed E-state index contributed by atoms with van der Waals surface area (Å²) in [7, 11) is 0. The number of rotatable bonds is 5. The van der Waals surface area contributed by atoms with E-state index < -0.39 is 0 Å². The molecule has 0 bridgehead atoms. The van der Waals surface area contributed by atoms with Crippen LogP contribution in [0.5, 0.6) is 0 Å². The maximum absolute atomic E-state index is 5.87. The molecular formula is C12H17NOS. The molecule has 1 aromatic carbocycles. The van der Waals surface area contributed by atoms with Gasteiger partial charge in [-0.25, -0.2) is 0 Å². The third kappa shape index (κ3) is 3.43. The molecule has 0 radical (unpaired) electrons. The lowest BCUT2D eigenvalue weighted by molar-refractivity contribution is 0.171. The maximum Gasteiger partial charge on any atom is 0.0967 e. The van der Waals surface area contributed by atoms with Crippen molar-refractivity contribution in [1.82, 2.24) is 0 Å². The SMILES string of the molecule is Cc1ccc(N)c(SCOCC2CC2)c1. The van der Waals surface area contributed by atoms with Gasteiger partial charge in [-0.1, -0.05) is 17.8 Å². The number of hydrogen-bond acceptors (Lipinski definition) is 3. The predicted molar refractivity (Wildman–Crippen MR) is 65.0 cm³/mol. The van der Waals surface area contributed by atoms with Gasteiger partial charge >= 0.3 is 0 Å². The summed E-state index contributed by atoms with van der Waals surface area (Å²) in [5.74, 6) is 1.55. The Kier molecular flexibility index (Phi) is 3.54. The zero-order valence-electron chi connectivity index (χ0n) is 9.03. The van der Waals surface area contributed by atoms with Crippen LogP contribution in [0.25, 0.3) is 0 Å². The van der Waals surface area contributed by atoms with Gasteiger partial charge in [-0.2, -0.15) is 0 Å². The molecule has 0 unspecified atom stereocenters. The zero-order valence-corrected chi connectivity index (χ0v) is 9.85. The van der Waals surface area contributed by atoms with Crippen LogP contribution in [-0.4, -0.2) is 12.5 Å². The fourth-order valence-corrected chi connectivity index (χ4v) is 2.18. The second-order valence-electron chi connectivity index (χ2n) is 4.12. The van der Waals surface area contributed by atoms with E-state index in [9.17, 15) is 0 Å². The van der Waals surface area contributed by atoms with E-state index >= 15 is 0 Å². The summed E-state index contributed by atoms with van der Waals surface area (Å²) < 4.78 is 5.56. The Morgan fingerprint density at radius 3 is 3.00 bits per heavy atom. The van der Waals surface area contributed by atoms with Crippen LogP contribution in [-0.2, 0) is 4.74 Å². The van der Waals surface area contributed by atoms with Gasteiger partial charge in [-0.15, -0.1) is 0 Å². The first-order chi connectivity index (χ1) is 7.25. The Morgan fingerprint density at radius 2 is 2.27 bits per heavy atom. The Labute approximate surface area is 95.2 Å². The lowest BCUT2D eigenvalue weighted by Crippen LogP contribution is -1.96. The third-order valence-corrected chi connectivity index (χ3v) is 3.47. The van der Waals surface area contributed by atoms with Gasteiger partial charge < -0.3 is 10.5 Å². The molecule has 0 aliphatic heterocycles. The average Bonchev–Trinajstić information content (AvgIpc) is 3.01. The van der Waals surface area contributed by atoms with Gasteiger partial charge in [0.15, 0.2) is 0 Å². The standard InChI is InChI=1S/C12H17NOS/c1-9-2-5-11(13)12(6-9)15-8-14-7-10-3-4-10/h2,5-6,10H,3-4,7-8,13H2,1H3. The summed E-state index contributed by atoms with van der Waals surface area (Å²) in [5, 5.41) is 0. The molecule has 2 N–H and O–H groups in total. The van der Waals surface area contributed by atoms with E-state index in [1.54, 1.807) is 11.8 Å². The monoisotopic (exact) mass is 223 g/mol. The summed E-state index contributed by atoms with van der Waals surface area (Å²) in [5.41, 5.74) is 7.96. The van der Waals surface area contributed by atoms with Crippen molar-refractivity contribution < 1.29 is 4.74 Å². The van der Waals surface area contributed by atoms with Gasteiger partial charge in [-0.3, -0.25) is 0 Å². The van der Waals surface area contributed by atoms with E-state index in [-0.39, 0.29) is 0 Å². The maximum atomic E-state index is 5.87. The van der Waals surface area contributed by atoms with E-state index in [1.165, 1.54) is 18.4 Å². The van der Waals surface area contributed by atoms with Crippen LogP contribution >= 0.6 is 11.8 Å². The minimum atomic E-state index is 0.712. The highest BCUT2D eigenvalue weighted by Gasteiger charge is 2.20. The fourth-order valence-electron chi connectivity index (χ4n) is 1.37. The Balaban J connectivity index is 1.78. The van der Waals surface area contributed by atoms with Gasteiger partial charge in [0.1, 0.15) is 0 Å². The molecular weight excluding hydrogens is 206 g/mol. The second-order valence-corrected chi connectivity index (χ2v) is 5.08. The molecule has 0 saturated heterocycles. The Hall–Kier alpha value is -0.670. The van der Waals surface area contributed by atoms with Crippen LogP contribution in [0.1, 0.15) is 18.4 Å². The molecule has 0 amide bonds. The van der Waals surface area contributed by atoms with E-state index in [0.717, 1.165) is 23.1 Å². The average molecular weight is 223 g/mol. The first kappa shape index (κ1) is 10.8. The van der Waals surface area contributed by atoms with E-state index in [1.807, 2.05) is 12.1 Å². The highest BCUT2D eigenvalue weighted by atomic mass is 32.2. The molecule has 2 nitrogen and oxygen atoms in total. The van der Waals surface area contributed by atoms with Gasteiger partial charge in [0.25, 0.3) is 0 Å². The summed E-state index contributed by atoms with van der Waals surface area (Å²) in [4.78, 5) is 1.13. The summed E-state index contributed by atoms with van der Waals surface area (Å²) >= 11 is 1.68. The van der Waals surface area contributed by atoms with Crippen molar-refractivity contribution in [2.75, 3.05) is 18.3 Å². The van der Waals surface area contributed by atoms with Gasteiger partial charge in [-0.05, 0) is 43.4 Å². The van der Waals surface area contributed by atoms with E-state index in [0.29, 0.717) is 5.94 Å². The van der Waals surface area contributed by atoms with Crippen LogP contribution in [0, 0.1) is 12.8 Å². The largest absolute Gasteiger partial charge is 0.398 e. The number of thioether (sulfide) groups is 1. The molecule has 82 valence electrons. The fraction of sp³-hybridized carbons (Fsp3) is 0.500. The van der Waals surface area contributed by atoms with Crippen LogP contribution < -0.4 is 5.73 Å². The van der Waals surface area contributed by atoms with Crippen molar-refractivity contribution in [3.8, 4) is 0 Å². The molecule has 3 heteroatoms. The lowest BCUT2D eigenvalue weighted by Gasteiger charge is -2.06. The minimum absolute atomic E-state index is 0.712. The summed E-state index contributed by atoms with van der Waals surface area (Å²) in [6.07, 6.45) is 2.69. The predicted octanol–water partition coefficient (Wildman–Crippen LogP) is 3.05. The van der Waals surface area contributed by atoms with Crippen molar-refractivity contribution >= 4 is 17.4 Å². The molecule has 0 heterocycles. The van der Waals surface area contributed by atoms with Crippen LogP contribution in [0.4, 0.5) is 5.69 Å². The quantitative estimate of drug-likeness (QED) is 0.360. The van der Waals surface area contributed by atoms with Crippen LogP contribution in [0.15, 0.2) is 23.1 Å². The highest BCUT2D eigenvalue weighted by molar-refractivity contribution is 7.99. The second kappa shape index (κ2) is 4.90. The summed E-state index contributed by atoms with van der Waals surface area (Å²) in [6, 6.07) is 6.10. The van der Waals surface area contributed by atoms with Crippen molar-refractivity contribution in [2.45, 2.75) is 24.7 Å². The molecule has 15 heavy (non-hydrogen) atoms.